The van der Waals surface area contributed by atoms with Crippen LogP contribution in [0.4, 0.5) is 5.69 Å². The molecule has 1 amide bonds. The van der Waals surface area contributed by atoms with E-state index >= 15 is 0 Å². The molecular formula is C17H19NO4S. The van der Waals surface area contributed by atoms with Crippen molar-refractivity contribution < 1.29 is 17.9 Å². The van der Waals surface area contributed by atoms with Gasteiger partial charge in [-0.3, -0.25) is 4.79 Å². The third-order valence-electron chi connectivity index (χ3n) is 3.25. The van der Waals surface area contributed by atoms with Crippen LogP contribution in [0.25, 0.3) is 0 Å². The number of ether oxygens (including phenoxy) is 1. The molecule has 0 saturated heterocycles. The Kier molecular flexibility index (Phi) is 5.05. The molecule has 0 radical (unpaired) electrons. The molecule has 1 N–H and O–H groups in total. The highest BCUT2D eigenvalue weighted by Crippen LogP contribution is 2.16. The van der Waals surface area contributed by atoms with Crippen molar-refractivity contribution in [3.8, 4) is 5.75 Å². The first-order valence-electron chi connectivity index (χ1n) is 7.10. The van der Waals surface area contributed by atoms with Crippen molar-refractivity contribution in [1.29, 1.82) is 0 Å². The zero-order valence-corrected chi connectivity index (χ0v) is 14.1. The van der Waals surface area contributed by atoms with Crippen LogP contribution in [0.3, 0.4) is 0 Å². The number of nitrogens with one attached hydrogen (secondary N) is 1. The number of hydrogen-bond acceptors (Lipinski definition) is 4. The average Bonchev–Trinajstić information content (AvgIpc) is 2.49. The predicted molar refractivity (Wildman–Crippen MR) is 89.5 cm³/mol. The number of carbonyl (C=O) groups excluding carboxylic acids is 1. The van der Waals surface area contributed by atoms with Gasteiger partial charge in [-0.05, 0) is 50.2 Å². The van der Waals surface area contributed by atoms with E-state index in [0.717, 1.165) is 11.8 Å². The molecule has 1 unspecified atom stereocenters. The van der Waals surface area contributed by atoms with Crippen molar-refractivity contribution in [1.82, 2.24) is 0 Å². The minimum atomic E-state index is -3.25. The smallest absolute Gasteiger partial charge is 0.265 e. The van der Waals surface area contributed by atoms with Gasteiger partial charge in [0.05, 0.1) is 4.90 Å². The van der Waals surface area contributed by atoms with E-state index in [2.05, 4.69) is 5.32 Å². The molecule has 1 atom stereocenters. The maximum Gasteiger partial charge on any atom is 0.265 e. The third-order valence-corrected chi connectivity index (χ3v) is 4.38. The standard InChI is InChI=1S/C17H19NO4S/c1-12-4-8-15(9-5-12)22-13(2)17(19)18-14-6-10-16(11-7-14)23(3,20)21/h4-11,13H,1-3H3,(H,18,19). The molecule has 2 aromatic rings. The predicted octanol–water partition coefficient (Wildman–Crippen LogP) is 2.80. The summed E-state index contributed by atoms with van der Waals surface area (Å²) in [7, 11) is -3.25. The van der Waals surface area contributed by atoms with Crippen LogP contribution < -0.4 is 10.1 Å². The number of carbonyl (C=O) groups is 1. The first-order chi connectivity index (χ1) is 10.8. The zero-order chi connectivity index (χ0) is 17.0. The third kappa shape index (κ3) is 4.82. The summed E-state index contributed by atoms with van der Waals surface area (Å²) in [6.07, 6.45) is 0.463. The number of benzene rings is 2. The molecule has 0 aliphatic carbocycles. The Morgan fingerprint density at radius 2 is 1.61 bits per heavy atom. The van der Waals surface area contributed by atoms with Crippen molar-refractivity contribution in [2.45, 2.75) is 24.8 Å². The summed E-state index contributed by atoms with van der Waals surface area (Å²) < 4.78 is 28.4. The van der Waals surface area contributed by atoms with E-state index in [0.29, 0.717) is 11.4 Å². The average molecular weight is 333 g/mol. The van der Waals surface area contributed by atoms with Crippen LogP contribution >= 0.6 is 0 Å². The molecule has 0 aromatic heterocycles. The van der Waals surface area contributed by atoms with Crippen LogP contribution in [-0.2, 0) is 14.6 Å². The van der Waals surface area contributed by atoms with E-state index in [4.69, 9.17) is 4.74 Å². The van der Waals surface area contributed by atoms with Gasteiger partial charge in [0.1, 0.15) is 5.75 Å². The quantitative estimate of drug-likeness (QED) is 0.913. The van der Waals surface area contributed by atoms with Gasteiger partial charge in [-0.25, -0.2) is 8.42 Å². The maximum atomic E-state index is 12.1. The van der Waals surface area contributed by atoms with E-state index < -0.39 is 15.9 Å². The summed E-state index contributed by atoms with van der Waals surface area (Å²) in [5.74, 6) is 0.309. The Hall–Kier alpha value is -2.34. The molecule has 6 heteroatoms. The molecule has 0 fully saturated rings. The van der Waals surface area contributed by atoms with E-state index in [1.54, 1.807) is 31.2 Å². The van der Waals surface area contributed by atoms with Gasteiger partial charge >= 0.3 is 0 Å². The molecule has 0 heterocycles. The van der Waals surface area contributed by atoms with Crippen LogP contribution in [0.1, 0.15) is 12.5 Å². The number of sulfone groups is 1. The summed E-state index contributed by atoms with van der Waals surface area (Å²) in [5, 5.41) is 2.69. The van der Waals surface area contributed by atoms with Gasteiger partial charge in [0.15, 0.2) is 15.9 Å². The molecule has 23 heavy (non-hydrogen) atoms. The fourth-order valence-electron chi connectivity index (χ4n) is 1.90. The van der Waals surface area contributed by atoms with Crippen LogP contribution in [0.15, 0.2) is 53.4 Å². The maximum absolute atomic E-state index is 12.1. The van der Waals surface area contributed by atoms with Crippen LogP contribution in [0.2, 0.25) is 0 Å². The van der Waals surface area contributed by atoms with E-state index in [-0.39, 0.29) is 10.8 Å². The zero-order valence-electron chi connectivity index (χ0n) is 13.2. The monoisotopic (exact) mass is 333 g/mol. The Labute approximate surface area is 136 Å². The van der Waals surface area contributed by atoms with Crippen molar-refractivity contribution in [3.05, 3.63) is 54.1 Å². The fourth-order valence-corrected chi connectivity index (χ4v) is 2.53. The van der Waals surface area contributed by atoms with E-state index in [1.165, 1.54) is 12.1 Å². The SMILES string of the molecule is Cc1ccc(OC(C)C(=O)Nc2ccc(S(C)(=O)=O)cc2)cc1. The topological polar surface area (TPSA) is 72.5 Å². The highest BCUT2D eigenvalue weighted by atomic mass is 32.2. The van der Waals surface area contributed by atoms with Crippen LogP contribution in [0, 0.1) is 6.92 Å². The highest BCUT2D eigenvalue weighted by Gasteiger charge is 2.15. The van der Waals surface area contributed by atoms with Crippen molar-refractivity contribution in [2.75, 3.05) is 11.6 Å². The second kappa shape index (κ2) is 6.83. The fraction of sp³-hybridized carbons (Fsp3) is 0.235. The largest absolute Gasteiger partial charge is 0.481 e. The number of rotatable bonds is 5. The summed E-state index contributed by atoms with van der Waals surface area (Å²) >= 11 is 0. The van der Waals surface area contributed by atoms with Gasteiger partial charge in [-0.2, -0.15) is 0 Å². The van der Waals surface area contributed by atoms with Crippen molar-refractivity contribution in [3.63, 3.8) is 0 Å². The lowest BCUT2D eigenvalue weighted by Crippen LogP contribution is -2.30. The minimum absolute atomic E-state index is 0.208. The normalized spacial score (nSPS) is 12.5. The van der Waals surface area contributed by atoms with Crippen LogP contribution in [-0.4, -0.2) is 26.7 Å². The molecule has 0 aliphatic rings. The van der Waals surface area contributed by atoms with E-state index in [1.807, 2.05) is 19.1 Å². The minimum Gasteiger partial charge on any atom is -0.481 e. The Bertz CT molecular complexity index is 780. The molecule has 0 aliphatic heterocycles. The molecule has 0 spiro atoms. The van der Waals surface area contributed by atoms with Crippen LogP contribution in [0.5, 0.6) is 5.75 Å². The number of anilines is 1. The summed E-state index contributed by atoms with van der Waals surface area (Å²) in [4.78, 5) is 12.3. The van der Waals surface area contributed by atoms with Gasteiger partial charge in [0.2, 0.25) is 0 Å². The Balaban J connectivity index is 1.99. The van der Waals surface area contributed by atoms with Gasteiger partial charge in [0.25, 0.3) is 5.91 Å². The number of hydrogen-bond donors (Lipinski definition) is 1. The summed E-state index contributed by atoms with van der Waals surface area (Å²) in [5.41, 5.74) is 1.63. The van der Waals surface area contributed by atoms with Crippen molar-refractivity contribution in [2.24, 2.45) is 0 Å². The molecule has 5 nitrogen and oxygen atoms in total. The second-order valence-corrected chi connectivity index (χ2v) is 7.37. The first kappa shape index (κ1) is 17.0. The Morgan fingerprint density at radius 3 is 2.13 bits per heavy atom. The summed E-state index contributed by atoms with van der Waals surface area (Å²) in [6.45, 7) is 3.63. The lowest BCUT2D eigenvalue weighted by atomic mass is 10.2. The summed E-state index contributed by atoms with van der Waals surface area (Å²) in [6, 6.07) is 13.4. The first-order valence-corrected chi connectivity index (χ1v) is 8.99. The number of amides is 1. The van der Waals surface area contributed by atoms with E-state index in [9.17, 15) is 13.2 Å². The molecule has 122 valence electrons. The van der Waals surface area contributed by atoms with Gasteiger partial charge in [-0.15, -0.1) is 0 Å². The molecule has 2 rings (SSSR count). The molecular weight excluding hydrogens is 314 g/mol. The lowest BCUT2D eigenvalue weighted by molar-refractivity contribution is -0.122. The van der Waals surface area contributed by atoms with Gasteiger partial charge in [-0.1, -0.05) is 17.7 Å². The lowest BCUT2D eigenvalue weighted by Gasteiger charge is -2.15. The molecule has 0 bridgehead atoms. The Morgan fingerprint density at radius 1 is 1.04 bits per heavy atom. The van der Waals surface area contributed by atoms with Gasteiger partial charge < -0.3 is 10.1 Å². The molecule has 0 saturated carbocycles. The van der Waals surface area contributed by atoms with Gasteiger partial charge in [0, 0.05) is 11.9 Å². The second-order valence-electron chi connectivity index (χ2n) is 5.36. The number of aryl methyl sites for hydroxylation is 1. The van der Waals surface area contributed by atoms with Crippen molar-refractivity contribution >= 4 is 21.4 Å². The molecule has 2 aromatic carbocycles. The highest BCUT2D eigenvalue weighted by molar-refractivity contribution is 7.90.